The lowest BCUT2D eigenvalue weighted by atomic mass is 10.3. The third-order valence-electron chi connectivity index (χ3n) is 1.41. The zero-order chi connectivity index (χ0) is 8.97. The lowest BCUT2D eigenvalue weighted by molar-refractivity contribution is 0.601. The summed E-state index contributed by atoms with van der Waals surface area (Å²) in [6.45, 7) is 4.27. The maximum absolute atomic E-state index is 13.0. The number of halogens is 1. The zero-order valence-electron chi connectivity index (χ0n) is 7.38. The van der Waals surface area contributed by atoms with E-state index in [0.29, 0.717) is 5.92 Å². The second kappa shape index (κ2) is 4.51. The minimum absolute atomic E-state index is 0.108. The van der Waals surface area contributed by atoms with E-state index >= 15 is 0 Å². The van der Waals surface area contributed by atoms with E-state index in [4.69, 9.17) is 0 Å². The first-order chi connectivity index (χ1) is 5.70. The molecule has 0 amide bonds. The molecule has 0 nitrogen and oxygen atoms in total. The first-order valence-corrected chi connectivity index (χ1v) is 5.06. The minimum Gasteiger partial charge on any atom is -0.206 e. The van der Waals surface area contributed by atoms with E-state index in [9.17, 15) is 4.39 Å². The first-order valence-electron chi connectivity index (χ1n) is 4.07. The van der Waals surface area contributed by atoms with Gasteiger partial charge in [0.05, 0.1) is 0 Å². The lowest BCUT2D eigenvalue weighted by Crippen LogP contribution is -1.91. The number of rotatable bonds is 3. The van der Waals surface area contributed by atoms with Crippen molar-refractivity contribution in [3.8, 4) is 0 Å². The predicted octanol–water partition coefficient (Wildman–Crippen LogP) is 3.57. The van der Waals surface area contributed by atoms with Crippen molar-refractivity contribution < 1.29 is 4.39 Å². The van der Waals surface area contributed by atoms with Gasteiger partial charge in [0.1, 0.15) is 5.82 Å². The van der Waals surface area contributed by atoms with Crippen LogP contribution in [0.3, 0.4) is 0 Å². The largest absolute Gasteiger partial charge is 0.206 e. The van der Waals surface area contributed by atoms with Gasteiger partial charge < -0.3 is 0 Å². The van der Waals surface area contributed by atoms with Crippen molar-refractivity contribution in [2.45, 2.75) is 18.7 Å². The van der Waals surface area contributed by atoms with Crippen LogP contribution in [-0.2, 0) is 0 Å². The van der Waals surface area contributed by atoms with Gasteiger partial charge in [-0.15, -0.1) is 11.8 Å². The average molecular weight is 184 g/mol. The third-order valence-corrected chi connectivity index (χ3v) is 2.88. The molecule has 12 heavy (non-hydrogen) atoms. The molecule has 66 valence electrons. The normalized spacial score (nSPS) is 10.7. The monoisotopic (exact) mass is 184 g/mol. The van der Waals surface area contributed by atoms with Crippen LogP contribution in [0.15, 0.2) is 29.2 Å². The molecule has 1 aromatic rings. The van der Waals surface area contributed by atoms with Gasteiger partial charge in [0.15, 0.2) is 0 Å². The highest BCUT2D eigenvalue weighted by molar-refractivity contribution is 7.99. The summed E-state index contributed by atoms with van der Waals surface area (Å²) in [5.74, 6) is 1.47. The maximum Gasteiger partial charge on any atom is 0.136 e. The molecule has 0 aliphatic heterocycles. The Morgan fingerprint density at radius 1 is 1.33 bits per heavy atom. The van der Waals surface area contributed by atoms with Crippen molar-refractivity contribution in [3.63, 3.8) is 0 Å². The molecule has 0 bridgehead atoms. The number of hydrogen-bond donors (Lipinski definition) is 0. The van der Waals surface area contributed by atoms with Gasteiger partial charge in [0.25, 0.3) is 0 Å². The smallest absolute Gasteiger partial charge is 0.136 e. The van der Waals surface area contributed by atoms with E-state index < -0.39 is 0 Å². The summed E-state index contributed by atoms with van der Waals surface area (Å²) in [6, 6.07) is 6.91. The molecule has 0 aromatic heterocycles. The van der Waals surface area contributed by atoms with E-state index in [-0.39, 0.29) is 5.82 Å². The van der Waals surface area contributed by atoms with E-state index in [0.717, 1.165) is 10.6 Å². The zero-order valence-corrected chi connectivity index (χ0v) is 8.20. The fraction of sp³-hybridized carbons (Fsp3) is 0.400. The van der Waals surface area contributed by atoms with Crippen LogP contribution in [0, 0.1) is 11.7 Å². The first kappa shape index (κ1) is 9.59. The molecule has 0 atom stereocenters. The Morgan fingerprint density at radius 3 is 2.58 bits per heavy atom. The molecular weight excluding hydrogens is 171 g/mol. The molecule has 0 spiro atoms. The Bertz CT molecular complexity index is 245. The molecule has 0 saturated heterocycles. The lowest BCUT2D eigenvalue weighted by Gasteiger charge is -2.04. The Labute approximate surface area is 77.2 Å². The number of thioether (sulfide) groups is 1. The third kappa shape index (κ3) is 2.86. The minimum atomic E-state index is -0.108. The van der Waals surface area contributed by atoms with Crippen LogP contribution in [0.1, 0.15) is 13.8 Å². The van der Waals surface area contributed by atoms with Gasteiger partial charge in [-0.3, -0.25) is 0 Å². The van der Waals surface area contributed by atoms with Crippen molar-refractivity contribution in [1.82, 2.24) is 0 Å². The summed E-state index contributed by atoms with van der Waals surface area (Å²) < 4.78 is 13.0. The van der Waals surface area contributed by atoms with Crippen molar-refractivity contribution in [1.29, 1.82) is 0 Å². The van der Waals surface area contributed by atoms with Crippen LogP contribution in [0.4, 0.5) is 4.39 Å². The summed E-state index contributed by atoms with van der Waals surface area (Å²) in [5.41, 5.74) is 0. The van der Waals surface area contributed by atoms with Gasteiger partial charge >= 0.3 is 0 Å². The van der Waals surface area contributed by atoms with Crippen LogP contribution in [0.25, 0.3) is 0 Å². The fourth-order valence-electron chi connectivity index (χ4n) is 0.818. The highest BCUT2D eigenvalue weighted by atomic mass is 32.2. The highest BCUT2D eigenvalue weighted by Crippen LogP contribution is 2.22. The van der Waals surface area contributed by atoms with Crippen LogP contribution in [0.5, 0.6) is 0 Å². The van der Waals surface area contributed by atoms with Crippen molar-refractivity contribution in [2.24, 2.45) is 5.92 Å². The summed E-state index contributed by atoms with van der Waals surface area (Å²) in [4.78, 5) is 0.756. The fourth-order valence-corrected chi connectivity index (χ4v) is 1.71. The summed E-state index contributed by atoms with van der Waals surface area (Å²) in [5, 5.41) is 0. The molecule has 2 heteroatoms. The standard InChI is InChI=1S/C10H13FS/c1-8(2)7-12-10-6-4-3-5-9(10)11/h3-6,8H,7H2,1-2H3. The molecule has 0 N–H and O–H groups in total. The summed E-state index contributed by atoms with van der Waals surface area (Å²) >= 11 is 1.58. The van der Waals surface area contributed by atoms with Crippen LogP contribution in [-0.4, -0.2) is 5.75 Å². The molecule has 0 radical (unpaired) electrons. The van der Waals surface area contributed by atoms with E-state index in [1.54, 1.807) is 17.8 Å². The highest BCUT2D eigenvalue weighted by Gasteiger charge is 2.01. The van der Waals surface area contributed by atoms with Gasteiger partial charge in [0.2, 0.25) is 0 Å². The molecule has 0 saturated carbocycles. The Hall–Kier alpha value is -0.500. The Balaban J connectivity index is 2.57. The summed E-state index contributed by atoms with van der Waals surface area (Å²) in [6.07, 6.45) is 0. The molecule has 0 unspecified atom stereocenters. The molecule has 0 aliphatic rings. The number of hydrogen-bond acceptors (Lipinski definition) is 1. The summed E-state index contributed by atoms with van der Waals surface area (Å²) in [7, 11) is 0. The van der Waals surface area contributed by atoms with E-state index in [1.165, 1.54) is 6.07 Å². The van der Waals surface area contributed by atoms with E-state index in [1.807, 2.05) is 12.1 Å². The topological polar surface area (TPSA) is 0 Å². The molecule has 0 aliphatic carbocycles. The van der Waals surface area contributed by atoms with Crippen LogP contribution < -0.4 is 0 Å². The molecular formula is C10H13FS. The Morgan fingerprint density at radius 2 is 2.00 bits per heavy atom. The van der Waals surface area contributed by atoms with Crippen molar-refractivity contribution in [2.75, 3.05) is 5.75 Å². The predicted molar refractivity (Wildman–Crippen MR) is 52.0 cm³/mol. The molecule has 1 rings (SSSR count). The molecule has 0 fully saturated rings. The van der Waals surface area contributed by atoms with Crippen molar-refractivity contribution in [3.05, 3.63) is 30.1 Å². The van der Waals surface area contributed by atoms with Crippen LogP contribution in [0.2, 0.25) is 0 Å². The van der Waals surface area contributed by atoms with Crippen molar-refractivity contribution >= 4 is 11.8 Å². The number of benzene rings is 1. The Kier molecular flexibility index (Phi) is 3.60. The van der Waals surface area contributed by atoms with Crippen LogP contribution >= 0.6 is 11.8 Å². The van der Waals surface area contributed by atoms with E-state index in [2.05, 4.69) is 13.8 Å². The SMILES string of the molecule is CC(C)CSc1ccccc1F. The molecule has 1 aromatic carbocycles. The van der Waals surface area contributed by atoms with Gasteiger partial charge in [-0.1, -0.05) is 26.0 Å². The van der Waals surface area contributed by atoms with Gasteiger partial charge in [0, 0.05) is 10.6 Å². The second-order valence-electron chi connectivity index (χ2n) is 3.14. The molecule has 0 heterocycles. The quantitative estimate of drug-likeness (QED) is 0.647. The van der Waals surface area contributed by atoms with Gasteiger partial charge in [-0.2, -0.15) is 0 Å². The van der Waals surface area contributed by atoms with Gasteiger partial charge in [-0.25, -0.2) is 4.39 Å². The maximum atomic E-state index is 13.0. The second-order valence-corrected chi connectivity index (χ2v) is 4.20. The van der Waals surface area contributed by atoms with Gasteiger partial charge in [-0.05, 0) is 18.1 Å². The average Bonchev–Trinajstić information content (AvgIpc) is 2.03.